The Morgan fingerprint density at radius 3 is 2.50 bits per heavy atom. The van der Waals surface area contributed by atoms with Crippen LogP contribution in [0.2, 0.25) is 0 Å². The number of nitrogens with one attached hydrogen (secondary N) is 2. The maximum absolute atomic E-state index is 11.5. The van der Waals surface area contributed by atoms with Crippen molar-refractivity contribution < 1.29 is 19.5 Å². The van der Waals surface area contributed by atoms with Crippen LogP contribution in [-0.2, 0) is 9.59 Å². The summed E-state index contributed by atoms with van der Waals surface area (Å²) in [6, 6.07) is -1.45. The van der Waals surface area contributed by atoms with E-state index in [9.17, 15) is 14.4 Å². The molecule has 8 heteroatoms. The smallest absolute Gasteiger partial charge is 0.321 e. The number of carbonyl (C=O) groups excluding carboxylic acids is 2. The quantitative estimate of drug-likeness (QED) is 0.509. The fourth-order valence-electron chi connectivity index (χ4n) is 0.989. The highest BCUT2D eigenvalue weighted by atomic mass is 32.2. The van der Waals surface area contributed by atoms with Gasteiger partial charge in [-0.15, -0.1) is 11.8 Å². The zero-order valence-electron chi connectivity index (χ0n) is 10.4. The number of imide groups is 1. The Balaban J connectivity index is 3.88. The number of carbonyl (C=O) groups is 3. The van der Waals surface area contributed by atoms with E-state index in [0.717, 1.165) is 0 Å². The van der Waals surface area contributed by atoms with E-state index in [1.54, 1.807) is 13.8 Å². The van der Waals surface area contributed by atoms with Gasteiger partial charge in [-0.25, -0.2) is 4.79 Å². The number of urea groups is 1. The Hall–Kier alpha value is -1.28. The van der Waals surface area contributed by atoms with E-state index < -0.39 is 29.2 Å². The van der Waals surface area contributed by atoms with Gasteiger partial charge in [-0.2, -0.15) is 0 Å². The first-order valence-electron chi connectivity index (χ1n) is 5.57. The van der Waals surface area contributed by atoms with E-state index in [-0.39, 0.29) is 6.42 Å². The van der Waals surface area contributed by atoms with Crippen molar-refractivity contribution in [2.75, 3.05) is 12.3 Å². The van der Waals surface area contributed by atoms with Crippen molar-refractivity contribution in [3.05, 3.63) is 0 Å². The number of nitrogens with two attached hydrogens (primary N) is 1. The molecular weight excluding hydrogens is 258 g/mol. The molecule has 2 unspecified atom stereocenters. The summed E-state index contributed by atoms with van der Waals surface area (Å²) in [6.07, 6.45) is 0.277. The number of hydrogen-bond acceptors (Lipinski definition) is 5. The second-order valence-corrected chi connectivity index (χ2v) is 5.04. The average Bonchev–Trinajstić information content (AvgIpc) is 2.28. The zero-order valence-corrected chi connectivity index (χ0v) is 11.3. The first-order chi connectivity index (χ1) is 8.38. The number of carboxylic acids is 1. The molecule has 3 amide bonds. The third-order valence-corrected chi connectivity index (χ3v) is 3.24. The summed E-state index contributed by atoms with van der Waals surface area (Å²) in [5.41, 5.74) is 5.32. The predicted molar refractivity (Wildman–Crippen MR) is 69.4 cm³/mol. The van der Waals surface area contributed by atoms with Gasteiger partial charge in [0.15, 0.2) is 0 Å². The second-order valence-electron chi connectivity index (χ2n) is 3.60. The Morgan fingerprint density at radius 2 is 2.00 bits per heavy atom. The molecule has 0 aromatic carbocycles. The van der Waals surface area contributed by atoms with Gasteiger partial charge >= 0.3 is 12.0 Å². The Morgan fingerprint density at radius 1 is 1.39 bits per heavy atom. The Kier molecular flexibility index (Phi) is 8.14. The number of rotatable bonds is 7. The second kappa shape index (κ2) is 8.76. The van der Waals surface area contributed by atoms with Gasteiger partial charge in [0.1, 0.15) is 6.04 Å². The summed E-state index contributed by atoms with van der Waals surface area (Å²) >= 11 is 1.25. The first kappa shape index (κ1) is 16.7. The molecular formula is C10H19N3O4S. The van der Waals surface area contributed by atoms with E-state index in [1.165, 1.54) is 11.8 Å². The highest BCUT2D eigenvalue weighted by Crippen LogP contribution is 2.12. The van der Waals surface area contributed by atoms with Gasteiger partial charge in [0, 0.05) is 6.54 Å². The van der Waals surface area contributed by atoms with Crippen molar-refractivity contribution in [3.8, 4) is 0 Å². The number of aliphatic carboxylic acids is 1. The molecule has 2 atom stereocenters. The van der Waals surface area contributed by atoms with Gasteiger partial charge in [0.2, 0.25) is 5.91 Å². The van der Waals surface area contributed by atoms with Gasteiger partial charge in [0.25, 0.3) is 0 Å². The Bertz CT molecular complexity index is 311. The minimum atomic E-state index is -1.06. The molecule has 0 aliphatic rings. The van der Waals surface area contributed by atoms with E-state index in [1.807, 2.05) is 0 Å². The lowest BCUT2D eigenvalue weighted by atomic mass is 10.2. The molecule has 0 radical (unpaired) electrons. The van der Waals surface area contributed by atoms with E-state index in [4.69, 9.17) is 10.8 Å². The van der Waals surface area contributed by atoms with Crippen LogP contribution in [0.3, 0.4) is 0 Å². The normalized spacial score (nSPS) is 13.5. The van der Waals surface area contributed by atoms with Crippen LogP contribution in [0, 0.1) is 0 Å². The monoisotopic (exact) mass is 277 g/mol. The number of carboxylic acid groups (broad SMARTS) is 1. The molecule has 0 aliphatic heterocycles. The van der Waals surface area contributed by atoms with Crippen LogP contribution in [0.25, 0.3) is 0 Å². The highest BCUT2D eigenvalue weighted by Gasteiger charge is 2.17. The van der Waals surface area contributed by atoms with Gasteiger partial charge < -0.3 is 16.2 Å². The molecule has 0 aromatic rings. The van der Waals surface area contributed by atoms with Crippen LogP contribution >= 0.6 is 11.8 Å². The fraction of sp³-hybridized carbons (Fsp3) is 0.700. The summed E-state index contributed by atoms with van der Waals surface area (Å²) in [7, 11) is 0. The lowest BCUT2D eigenvalue weighted by Gasteiger charge is -2.12. The number of thioether (sulfide) groups is 1. The van der Waals surface area contributed by atoms with Crippen LogP contribution in [0.1, 0.15) is 20.3 Å². The number of hydrogen-bond donors (Lipinski definition) is 4. The maximum Gasteiger partial charge on any atom is 0.321 e. The van der Waals surface area contributed by atoms with Crippen molar-refractivity contribution in [1.29, 1.82) is 0 Å². The summed E-state index contributed by atoms with van der Waals surface area (Å²) < 4.78 is 0. The van der Waals surface area contributed by atoms with Crippen molar-refractivity contribution in [3.63, 3.8) is 0 Å². The summed E-state index contributed by atoms with van der Waals surface area (Å²) in [4.78, 5) is 33.0. The summed E-state index contributed by atoms with van der Waals surface area (Å²) in [5, 5.41) is 12.8. The highest BCUT2D eigenvalue weighted by molar-refractivity contribution is 8.00. The molecule has 0 bridgehead atoms. The molecule has 0 heterocycles. The van der Waals surface area contributed by atoms with Crippen molar-refractivity contribution in [2.45, 2.75) is 31.6 Å². The standard InChI is InChI=1S/C10H19N3O4S/c1-3-12-10(17)13-8(14)6(2)18-5-4-7(11)9(15)16/h6-7H,3-5,11H2,1-2H3,(H,15,16)(H2,12,13,14,17). The minimum Gasteiger partial charge on any atom is -0.480 e. The van der Waals surface area contributed by atoms with Gasteiger partial charge in [0.05, 0.1) is 5.25 Å². The van der Waals surface area contributed by atoms with Crippen molar-refractivity contribution >= 4 is 29.7 Å². The van der Waals surface area contributed by atoms with Gasteiger partial charge in [-0.1, -0.05) is 0 Å². The molecule has 0 aromatic heterocycles. The van der Waals surface area contributed by atoms with E-state index in [2.05, 4.69) is 10.6 Å². The van der Waals surface area contributed by atoms with Gasteiger partial charge in [-0.05, 0) is 26.0 Å². The average molecular weight is 277 g/mol. The zero-order chi connectivity index (χ0) is 14.1. The minimum absolute atomic E-state index is 0.277. The first-order valence-corrected chi connectivity index (χ1v) is 6.62. The van der Waals surface area contributed by atoms with E-state index >= 15 is 0 Å². The maximum atomic E-state index is 11.5. The van der Waals surface area contributed by atoms with Crippen molar-refractivity contribution in [1.82, 2.24) is 10.6 Å². The fourth-order valence-corrected chi connectivity index (χ4v) is 1.94. The third-order valence-electron chi connectivity index (χ3n) is 2.06. The molecule has 18 heavy (non-hydrogen) atoms. The molecule has 0 saturated carbocycles. The van der Waals surface area contributed by atoms with E-state index in [0.29, 0.717) is 12.3 Å². The predicted octanol–water partition coefficient (Wildman–Crippen LogP) is -0.244. The number of amides is 3. The molecule has 5 N–H and O–H groups in total. The van der Waals surface area contributed by atoms with Crippen LogP contribution in [0.15, 0.2) is 0 Å². The van der Waals surface area contributed by atoms with Crippen LogP contribution in [0.4, 0.5) is 4.79 Å². The Labute approximate surface area is 110 Å². The van der Waals surface area contributed by atoms with Crippen LogP contribution < -0.4 is 16.4 Å². The topological polar surface area (TPSA) is 122 Å². The van der Waals surface area contributed by atoms with Crippen LogP contribution in [0.5, 0.6) is 0 Å². The lowest BCUT2D eigenvalue weighted by Crippen LogP contribution is -2.42. The lowest BCUT2D eigenvalue weighted by molar-refractivity contribution is -0.138. The molecule has 0 rings (SSSR count). The van der Waals surface area contributed by atoms with Crippen molar-refractivity contribution in [2.24, 2.45) is 5.73 Å². The molecule has 0 spiro atoms. The molecule has 104 valence electrons. The largest absolute Gasteiger partial charge is 0.480 e. The van der Waals surface area contributed by atoms with Gasteiger partial charge in [-0.3, -0.25) is 14.9 Å². The van der Waals surface area contributed by atoms with Crippen LogP contribution in [-0.4, -0.2) is 46.6 Å². The summed E-state index contributed by atoms with van der Waals surface area (Å²) in [5.74, 6) is -1.03. The summed E-state index contributed by atoms with van der Waals surface area (Å²) in [6.45, 7) is 3.83. The SMILES string of the molecule is CCNC(=O)NC(=O)C(C)SCCC(N)C(=O)O. The molecule has 7 nitrogen and oxygen atoms in total. The third kappa shape index (κ3) is 7.13. The molecule has 0 fully saturated rings. The molecule has 0 saturated heterocycles. The molecule has 0 aliphatic carbocycles.